The van der Waals surface area contributed by atoms with Gasteiger partial charge < -0.3 is 10.6 Å². The Hall–Kier alpha value is -4.53. The first kappa shape index (κ1) is 30.9. The second kappa shape index (κ2) is 13.0. The fourth-order valence-electron chi connectivity index (χ4n) is 6.14. The first-order chi connectivity index (χ1) is 21.1. The maximum atomic E-state index is 13.1. The first-order valence-corrected chi connectivity index (χ1v) is 16.5. The van der Waals surface area contributed by atoms with Crippen LogP contribution in [0.25, 0.3) is 22.2 Å². The topological polar surface area (TPSA) is 142 Å². The SMILES string of the molecule is CCC(CNC(=O)Cc1ccc2c3c(cccc13)C(=C=O)NC2=C=O)N1CCC(C(=O)c2ccc(NS(C)(=O)=O)cc2)CC1. The predicted molar refractivity (Wildman–Crippen MR) is 170 cm³/mol. The first-order valence-electron chi connectivity index (χ1n) is 14.6. The van der Waals surface area contributed by atoms with Gasteiger partial charge in [0, 0.05) is 46.3 Å². The largest absolute Gasteiger partial charge is 0.354 e. The summed E-state index contributed by atoms with van der Waals surface area (Å²) in [5.41, 5.74) is 3.35. The second-order valence-electron chi connectivity index (χ2n) is 11.2. The van der Waals surface area contributed by atoms with Crippen LogP contribution < -0.4 is 15.4 Å². The molecule has 2 heterocycles. The van der Waals surface area contributed by atoms with Gasteiger partial charge in [-0.05, 0) is 67.6 Å². The van der Waals surface area contributed by atoms with Gasteiger partial charge in [0.15, 0.2) is 17.7 Å². The molecule has 2 aliphatic heterocycles. The van der Waals surface area contributed by atoms with Crippen LogP contribution >= 0.6 is 0 Å². The molecule has 11 heteroatoms. The van der Waals surface area contributed by atoms with Crippen molar-refractivity contribution < 1.29 is 27.6 Å². The molecule has 5 rings (SSSR count). The molecule has 0 aromatic heterocycles. The minimum Gasteiger partial charge on any atom is -0.354 e. The van der Waals surface area contributed by atoms with Gasteiger partial charge in [-0.3, -0.25) is 19.2 Å². The van der Waals surface area contributed by atoms with Gasteiger partial charge in [-0.15, -0.1) is 0 Å². The van der Waals surface area contributed by atoms with Crippen molar-refractivity contribution >= 4 is 61.5 Å². The summed E-state index contributed by atoms with van der Waals surface area (Å²) in [4.78, 5) is 51.6. The summed E-state index contributed by atoms with van der Waals surface area (Å²) in [6, 6.07) is 15.7. The standard InChI is InChI=1S/C33H34N4O6S/c1-3-25(37-15-13-22(14-16-37)33(41)21-7-10-24(11-8-21)36-44(2,42)43)18-34-31(40)17-23-9-12-28-30(20-39)35-29(19-38)27-6-4-5-26(23)32(27)28/h4-12,22,25,35-36H,3,13-18H2,1-2H3,(H,34,40). The maximum absolute atomic E-state index is 13.1. The van der Waals surface area contributed by atoms with Gasteiger partial charge in [-0.25, -0.2) is 18.0 Å². The van der Waals surface area contributed by atoms with Gasteiger partial charge in [0.25, 0.3) is 0 Å². The van der Waals surface area contributed by atoms with E-state index in [0.717, 1.165) is 42.1 Å². The minimum atomic E-state index is -3.38. The van der Waals surface area contributed by atoms with Gasteiger partial charge >= 0.3 is 0 Å². The Morgan fingerprint density at radius 1 is 0.977 bits per heavy atom. The molecular weight excluding hydrogens is 580 g/mol. The molecule has 1 unspecified atom stereocenters. The number of likely N-dealkylation sites (tertiary alicyclic amines) is 1. The average Bonchev–Trinajstić information content (AvgIpc) is 3.02. The third-order valence-corrected chi connectivity index (χ3v) is 8.98. The number of piperidine rings is 1. The molecule has 1 atom stereocenters. The summed E-state index contributed by atoms with van der Waals surface area (Å²) in [5.74, 6) is 3.53. The summed E-state index contributed by atoms with van der Waals surface area (Å²) >= 11 is 0. The number of Topliss-reactive ketones (excluding diaryl/α,β-unsaturated/α-hetero) is 1. The lowest BCUT2D eigenvalue weighted by atomic mass is 9.88. The molecule has 10 nitrogen and oxygen atoms in total. The molecule has 0 bridgehead atoms. The number of nitrogens with one attached hydrogen (secondary N) is 3. The van der Waals surface area contributed by atoms with E-state index in [4.69, 9.17) is 0 Å². The number of nitrogens with zero attached hydrogens (tertiary/aromatic N) is 1. The van der Waals surface area contributed by atoms with Gasteiger partial charge in [0.05, 0.1) is 12.7 Å². The molecular formula is C33H34N4O6S. The van der Waals surface area contributed by atoms with Crippen LogP contribution in [0.3, 0.4) is 0 Å². The van der Waals surface area contributed by atoms with E-state index in [0.29, 0.717) is 41.8 Å². The number of ketones is 1. The molecule has 44 heavy (non-hydrogen) atoms. The van der Waals surface area contributed by atoms with Crippen LogP contribution in [0, 0.1) is 5.92 Å². The van der Waals surface area contributed by atoms with Gasteiger partial charge in [0.1, 0.15) is 11.4 Å². The van der Waals surface area contributed by atoms with Crippen LogP contribution in [0.1, 0.15) is 53.2 Å². The molecule has 1 amide bonds. The number of carbonyl (C=O) groups excluding carboxylic acids is 4. The van der Waals surface area contributed by atoms with E-state index in [1.165, 1.54) is 0 Å². The fraction of sp³-hybridized carbons (Fsp3) is 0.333. The number of hydrogen-bond acceptors (Lipinski definition) is 8. The van der Waals surface area contributed by atoms with Crippen molar-refractivity contribution in [3.05, 3.63) is 76.9 Å². The number of rotatable bonds is 10. The second-order valence-corrected chi connectivity index (χ2v) is 13.0. The highest BCUT2D eigenvalue weighted by molar-refractivity contribution is 7.92. The number of benzene rings is 3. The quantitative estimate of drug-likeness (QED) is 0.234. The van der Waals surface area contributed by atoms with Crippen LogP contribution in [0.15, 0.2) is 54.6 Å². The molecule has 0 spiro atoms. The lowest BCUT2D eigenvalue weighted by Crippen LogP contribution is -2.48. The van der Waals surface area contributed by atoms with Gasteiger partial charge in [0.2, 0.25) is 15.9 Å². The summed E-state index contributed by atoms with van der Waals surface area (Å²) < 4.78 is 25.3. The molecule has 3 aromatic carbocycles. The number of carbonyl (C=O) groups is 2. The summed E-state index contributed by atoms with van der Waals surface area (Å²) in [7, 11) is -3.38. The minimum absolute atomic E-state index is 0.0558. The summed E-state index contributed by atoms with van der Waals surface area (Å²) in [6.45, 7) is 4.03. The van der Waals surface area contributed by atoms with Crippen molar-refractivity contribution in [2.24, 2.45) is 5.92 Å². The summed E-state index contributed by atoms with van der Waals surface area (Å²) in [5, 5.41) is 7.38. The molecule has 0 saturated carbocycles. The predicted octanol–water partition coefficient (Wildman–Crippen LogP) is 3.19. The zero-order chi connectivity index (χ0) is 31.4. The van der Waals surface area contributed by atoms with Gasteiger partial charge in [-0.1, -0.05) is 37.3 Å². The third kappa shape index (κ3) is 6.67. The van der Waals surface area contributed by atoms with Crippen LogP contribution in [0.4, 0.5) is 5.69 Å². The van der Waals surface area contributed by atoms with Crippen LogP contribution in [-0.2, 0) is 30.8 Å². The Morgan fingerprint density at radius 2 is 1.64 bits per heavy atom. The van der Waals surface area contributed by atoms with E-state index in [1.807, 2.05) is 30.1 Å². The molecule has 0 aliphatic carbocycles. The normalized spacial score (nSPS) is 16.0. The third-order valence-electron chi connectivity index (χ3n) is 8.37. The average molecular weight is 615 g/mol. The van der Waals surface area contributed by atoms with Crippen molar-refractivity contribution in [1.82, 2.24) is 15.5 Å². The molecule has 0 radical (unpaired) electrons. The van der Waals surface area contributed by atoms with Crippen LogP contribution in [-0.4, -0.2) is 68.8 Å². The number of sulfonamides is 1. The lowest BCUT2D eigenvalue weighted by Gasteiger charge is -2.37. The Morgan fingerprint density at radius 3 is 2.25 bits per heavy atom. The smallest absolute Gasteiger partial charge is 0.229 e. The maximum Gasteiger partial charge on any atom is 0.229 e. The highest BCUT2D eigenvalue weighted by Gasteiger charge is 2.29. The lowest BCUT2D eigenvalue weighted by molar-refractivity contribution is -0.120. The summed E-state index contributed by atoms with van der Waals surface area (Å²) in [6.07, 6.45) is 3.46. The highest BCUT2D eigenvalue weighted by Crippen LogP contribution is 2.36. The van der Waals surface area contributed by atoms with E-state index in [1.54, 1.807) is 36.4 Å². The van der Waals surface area contributed by atoms with Crippen molar-refractivity contribution in [3.8, 4) is 0 Å². The Bertz CT molecular complexity index is 1780. The van der Waals surface area contributed by atoms with E-state index >= 15 is 0 Å². The molecule has 3 N–H and O–H groups in total. The number of hydrogen-bond donors (Lipinski definition) is 3. The zero-order valence-electron chi connectivity index (χ0n) is 24.6. The van der Waals surface area contributed by atoms with Gasteiger partial charge in [-0.2, -0.15) is 0 Å². The molecule has 1 fully saturated rings. The van der Waals surface area contributed by atoms with Crippen molar-refractivity contribution in [1.29, 1.82) is 0 Å². The molecule has 228 valence electrons. The zero-order valence-corrected chi connectivity index (χ0v) is 25.4. The highest BCUT2D eigenvalue weighted by atomic mass is 32.2. The van der Waals surface area contributed by atoms with Crippen molar-refractivity contribution in [2.75, 3.05) is 30.6 Å². The van der Waals surface area contributed by atoms with Crippen molar-refractivity contribution in [2.45, 2.75) is 38.6 Å². The Balaban J connectivity index is 1.18. The number of anilines is 1. The monoisotopic (exact) mass is 614 g/mol. The van der Waals surface area contributed by atoms with E-state index in [-0.39, 0.29) is 41.5 Å². The number of amides is 1. The van der Waals surface area contributed by atoms with E-state index < -0.39 is 10.0 Å². The van der Waals surface area contributed by atoms with Crippen molar-refractivity contribution in [3.63, 3.8) is 0 Å². The molecule has 1 saturated heterocycles. The van der Waals surface area contributed by atoms with Crippen LogP contribution in [0.5, 0.6) is 0 Å². The van der Waals surface area contributed by atoms with Crippen LogP contribution in [0.2, 0.25) is 0 Å². The fourth-order valence-corrected chi connectivity index (χ4v) is 6.70. The van der Waals surface area contributed by atoms with E-state index in [9.17, 15) is 27.6 Å². The Kier molecular flexibility index (Phi) is 9.13. The molecule has 3 aromatic rings. The Labute approximate surface area is 256 Å². The van der Waals surface area contributed by atoms with E-state index in [2.05, 4.69) is 27.2 Å². The molecule has 2 aliphatic rings.